The first-order chi connectivity index (χ1) is 10.2. The summed E-state index contributed by atoms with van der Waals surface area (Å²) in [6, 6.07) is 16.2. The van der Waals surface area contributed by atoms with Gasteiger partial charge in [-0.05, 0) is 11.6 Å². The zero-order valence-electron chi connectivity index (χ0n) is 11.1. The van der Waals surface area contributed by atoms with Crippen LogP contribution in [0.5, 0.6) is 0 Å². The molecule has 0 aliphatic carbocycles. The predicted molar refractivity (Wildman–Crippen MR) is 77.6 cm³/mol. The van der Waals surface area contributed by atoms with Crippen LogP contribution in [0.4, 0.5) is 10.5 Å². The number of hydrogen-bond donors (Lipinski definition) is 3. The molecule has 2 aromatic rings. The van der Waals surface area contributed by atoms with Crippen molar-refractivity contribution in [1.29, 1.82) is 0 Å². The van der Waals surface area contributed by atoms with Crippen LogP contribution in [0.25, 0.3) is 11.1 Å². The summed E-state index contributed by atoms with van der Waals surface area (Å²) >= 11 is 0. The Morgan fingerprint density at radius 3 is 2.38 bits per heavy atom. The first kappa shape index (κ1) is 14.5. The van der Waals surface area contributed by atoms with Crippen LogP contribution in [-0.4, -0.2) is 23.7 Å². The Hall–Kier alpha value is -2.86. The number of carboxylic acids is 1. The number of benzene rings is 2. The minimum Gasteiger partial charge on any atom is -0.479 e. The minimum absolute atomic E-state index is 0.597. The lowest BCUT2D eigenvalue weighted by atomic mass is 10.0. The summed E-state index contributed by atoms with van der Waals surface area (Å²) in [6.07, 6.45) is 0. The molecule has 0 saturated carbocycles. The van der Waals surface area contributed by atoms with Crippen molar-refractivity contribution in [1.82, 2.24) is 5.48 Å². The molecule has 0 saturated heterocycles. The van der Waals surface area contributed by atoms with Crippen molar-refractivity contribution < 1.29 is 19.5 Å². The van der Waals surface area contributed by atoms with Crippen LogP contribution < -0.4 is 10.8 Å². The topological polar surface area (TPSA) is 87.7 Å². The van der Waals surface area contributed by atoms with E-state index in [-0.39, 0.29) is 0 Å². The average Bonchev–Trinajstić information content (AvgIpc) is 2.48. The van der Waals surface area contributed by atoms with Crippen LogP contribution in [-0.2, 0) is 9.63 Å². The molecule has 0 aliphatic heterocycles. The zero-order chi connectivity index (χ0) is 15.1. The smallest absolute Gasteiger partial charge is 0.343 e. The highest BCUT2D eigenvalue weighted by Gasteiger charge is 2.08. The van der Waals surface area contributed by atoms with E-state index in [1.165, 1.54) is 0 Å². The number of hydrogen-bond acceptors (Lipinski definition) is 3. The maximum atomic E-state index is 11.6. The lowest BCUT2D eigenvalue weighted by molar-refractivity contribution is -0.143. The summed E-state index contributed by atoms with van der Waals surface area (Å²) in [6.45, 7) is -0.603. The lowest BCUT2D eigenvalue weighted by Gasteiger charge is -2.11. The van der Waals surface area contributed by atoms with Gasteiger partial charge in [0.15, 0.2) is 6.61 Å². The van der Waals surface area contributed by atoms with E-state index >= 15 is 0 Å². The Morgan fingerprint density at radius 1 is 1.00 bits per heavy atom. The number of amides is 2. The van der Waals surface area contributed by atoms with Gasteiger partial charge in [0.1, 0.15) is 0 Å². The van der Waals surface area contributed by atoms with E-state index in [4.69, 9.17) is 5.11 Å². The van der Waals surface area contributed by atoms with Crippen molar-refractivity contribution in [3.8, 4) is 11.1 Å². The average molecular weight is 286 g/mol. The van der Waals surface area contributed by atoms with Gasteiger partial charge in [-0.2, -0.15) is 0 Å². The van der Waals surface area contributed by atoms with Gasteiger partial charge >= 0.3 is 12.0 Å². The molecule has 0 spiro atoms. The van der Waals surface area contributed by atoms with Gasteiger partial charge in [0.25, 0.3) is 0 Å². The van der Waals surface area contributed by atoms with Gasteiger partial charge in [-0.3, -0.25) is 4.84 Å². The number of carbonyl (C=O) groups is 2. The minimum atomic E-state index is -1.17. The van der Waals surface area contributed by atoms with Crippen LogP contribution in [0.2, 0.25) is 0 Å². The summed E-state index contributed by atoms with van der Waals surface area (Å²) in [5.41, 5.74) is 4.42. The Bertz CT molecular complexity index is 629. The number of urea groups is 1. The summed E-state index contributed by atoms with van der Waals surface area (Å²) < 4.78 is 0. The molecule has 0 aliphatic rings. The fourth-order valence-electron chi connectivity index (χ4n) is 1.77. The molecule has 3 N–H and O–H groups in total. The summed E-state index contributed by atoms with van der Waals surface area (Å²) in [5.74, 6) is -1.17. The SMILES string of the molecule is O=C(O)CONC(=O)Nc1ccccc1-c1ccccc1. The van der Waals surface area contributed by atoms with E-state index in [1.54, 1.807) is 12.1 Å². The van der Waals surface area contributed by atoms with Crippen molar-refractivity contribution in [2.45, 2.75) is 0 Å². The molecule has 108 valence electrons. The van der Waals surface area contributed by atoms with Gasteiger partial charge in [-0.15, -0.1) is 0 Å². The molecule has 0 unspecified atom stereocenters. The molecule has 6 heteroatoms. The van der Waals surface area contributed by atoms with E-state index in [1.807, 2.05) is 47.9 Å². The molecule has 2 rings (SSSR count). The van der Waals surface area contributed by atoms with Gasteiger partial charge in [0.2, 0.25) is 0 Å². The molecule has 2 amide bonds. The zero-order valence-corrected chi connectivity index (χ0v) is 11.1. The fraction of sp³-hybridized carbons (Fsp3) is 0.0667. The largest absolute Gasteiger partial charge is 0.479 e. The second kappa shape index (κ2) is 7.06. The number of hydroxylamine groups is 1. The standard InChI is InChI=1S/C15H14N2O4/c18-14(19)10-21-17-15(20)16-13-9-5-4-8-12(13)11-6-2-1-3-7-11/h1-9H,10H2,(H,18,19)(H2,16,17,20). The fourth-order valence-corrected chi connectivity index (χ4v) is 1.77. The molecule has 6 nitrogen and oxygen atoms in total. The van der Waals surface area contributed by atoms with Gasteiger partial charge in [-0.25, -0.2) is 15.1 Å². The van der Waals surface area contributed by atoms with Crippen LogP contribution >= 0.6 is 0 Å². The second-order valence-corrected chi connectivity index (χ2v) is 4.15. The molecule has 0 aromatic heterocycles. The van der Waals surface area contributed by atoms with Gasteiger partial charge < -0.3 is 10.4 Å². The summed E-state index contributed by atoms with van der Waals surface area (Å²) in [5, 5.41) is 11.0. The third kappa shape index (κ3) is 4.32. The van der Waals surface area contributed by atoms with Gasteiger partial charge in [0.05, 0.1) is 5.69 Å². The van der Waals surface area contributed by atoms with Crippen LogP contribution in [0, 0.1) is 0 Å². The number of rotatable bonds is 5. The van der Waals surface area contributed by atoms with E-state index < -0.39 is 18.6 Å². The third-order valence-electron chi connectivity index (χ3n) is 2.62. The predicted octanol–water partition coefficient (Wildman–Crippen LogP) is 2.49. The van der Waals surface area contributed by atoms with Gasteiger partial charge in [-0.1, -0.05) is 48.5 Å². The highest BCUT2D eigenvalue weighted by atomic mass is 16.7. The maximum absolute atomic E-state index is 11.6. The number of aliphatic carboxylic acids is 1. The Kier molecular flexibility index (Phi) is 4.89. The lowest BCUT2D eigenvalue weighted by Crippen LogP contribution is -2.31. The summed E-state index contributed by atoms with van der Waals surface area (Å²) in [7, 11) is 0. The molecular formula is C15H14N2O4. The highest BCUT2D eigenvalue weighted by Crippen LogP contribution is 2.27. The molecule has 0 atom stereocenters. The van der Waals surface area contributed by atoms with E-state index in [0.29, 0.717) is 5.69 Å². The first-order valence-corrected chi connectivity index (χ1v) is 6.22. The number of para-hydroxylation sites is 1. The van der Waals surface area contributed by atoms with Gasteiger partial charge in [0, 0.05) is 5.56 Å². The van der Waals surface area contributed by atoms with E-state index in [0.717, 1.165) is 11.1 Å². The number of carbonyl (C=O) groups excluding carboxylic acids is 1. The maximum Gasteiger partial charge on any atom is 0.343 e. The van der Waals surface area contributed by atoms with Crippen LogP contribution in [0.3, 0.4) is 0 Å². The number of carboxylic acid groups (broad SMARTS) is 1. The molecule has 21 heavy (non-hydrogen) atoms. The molecule has 2 aromatic carbocycles. The number of anilines is 1. The summed E-state index contributed by atoms with van der Waals surface area (Å²) in [4.78, 5) is 26.4. The van der Waals surface area contributed by atoms with Crippen LogP contribution in [0.1, 0.15) is 0 Å². The van der Waals surface area contributed by atoms with E-state index in [9.17, 15) is 9.59 Å². The van der Waals surface area contributed by atoms with Crippen molar-refractivity contribution in [2.24, 2.45) is 0 Å². The molecule has 0 bridgehead atoms. The normalized spacial score (nSPS) is 9.90. The van der Waals surface area contributed by atoms with E-state index in [2.05, 4.69) is 10.2 Å². The quantitative estimate of drug-likeness (QED) is 0.737. The molecule has 0 radical (unpaired) electrons. The third-order valence-corrected chi connectivity index (χ3v) is 2.62. The first-order valence-electron chi connectivity index (χ1n) is 6.22. The Balaban J connectivity index is 2.07. The van der Waals surface area contributed by atoms with Crippen molar-refractivity contribution in [3.05, 3.63) is 54.6 Å². The Labute approximate surface area is 121 Å². The second-order valence-electron chi connectivity index (χ2n) is 4.15. The molecular weight excluding hydrogens is 272 g/mol. The van der Waals surface area contributed by atoms with Crippen LogP contribution in [0.15, 0.2) is 54.6 Å². The van der Waals surface area contributed by atoms with Crippen molar-refractivity contribution in [3.63, 3.8) is 0 Å². The Morgan fingerprint density at radius 2 is 1.67 bits per heavy atom. The van der Waals surface area contributed by atoms with Crippen molar-refractivity contribution >= 4 is 17.7 Å². The highest BCUT2D eigenvalue weighted by molar-refractivity contribution is 5.94. The molecule has 0 heterocycles. The van der Waals surface area contributed by atoms with Crippen molar-refractivity contribution in [2.75, 3.05) is 11.9 Å². The molecule has 0 fully saturated rings. The number of nitrogens with one attached hydrogen (secondary N) is 2. The monoisotopic (exact) mass is 286 g/mol.